The maximum absolute atomic E-state index is 12.8. The molecule has 271 valence electrons. The van der Waals surface area contributed by atoms with Gasteiger partial charge in [-0.2, -0.15) is 0 Å². The molecule has 0 aliphatic carbocycles. The van der Waals surface area contributed by atoms with E-state index < -0.39 is 0 Å². The second-order valence-electron chi connectivity index (χ2n) is 13.9. The summed E-state index contributed by atoms with van der Waals surface area (Å²) in [5, 5.41) is 0. The Hall–Kier alpha value is -3.58. The quantitative estimate of drug-likeness (QED) is 0.0664. The minimum absolute atomic E-state index is 0. The van der Waals surface area contributed by atoms with Gasteiger partial charge in [0.1, 0.15) is 6.29 Å². The lowest BCUT2D eigenvalue weighted by atomic mass is 9.87. The van der Waals surface area contributed by atoms with Gasteiger partial charge in [-0.3, -0.25) is 14.4 Å². The van der Waals surface area contributed by atoms with E-state index in [9.17, 15) is 14.4 Å². The molecule has 4 rings (SSSR count). The van der Waals surface area contributed by atoms with E-state index >= 15 is 0 Å². The van der Waals surface area contributed by atoms with Gasteiger partial charge in [-0.15, -0.1) is 24.0 Å². The van der Waals surface area contributed by atoms with E-state index in [2.05, 4.69) is 95.2 Å². The molecule has 0 atom stereocenters. The highest BCUT2D eigenvalue weighted by molar-refractivity contribution is 14.0. The molecule has 0 fully saturated rings. The van der Waals surface area contributed by atoms with Crippen LogP contribution in [0, 0.1) is 111 Å². The summed E-state index contributed by atoms with van der Waals surface area (Å²) in [5.41, 5.74) is 23.1. The van der Waals surface area contributed by atoms with Gasteiger partial charge in [0.25, 0.3) is 0 Å². The summed E-state index contributed by atoms with van der Waals surface area (Å²) < 4.78 is 0. The zero-order valence-corrected chi connectivity index (χ0v) is 36.6. The Morgan fingerprint density at radius 1 is 0.431 bits per heavy atom. The van der Waals surface area contributed by atoms with Crippen molar-refractivity contribution in [2.45, 2.75) is 118 Å². The van der Waals surface area contributed by atoms with E-state index in [1.165, 1.54) is 66.8 Å². The predicted octanol–water partition coefficient (Wildman–Crippen LogP) is 12.1. The van der Waals surface area contributed by atoms with Crippen molar-refractivity contribution in [2.75, 3.05) is 0 Å². The summed E-state index contributed by atoms with van der Waals surface area (Å²) in [6, 6.07) is 8.10. The number of hydrogen-bond donors (Lipinski definition) is 0. The third-order valence-corrected chi connectivity index (χ3v) is 11.1. The molecule has 0 aromatic heterocycles. The van der Waals surface area contributed by atoms with Crippen molar-refractivity contribution in [3.63, 3.8) is 0 Å². The highest BCUT2D eigenvalue weighted by atomic mass is 127. The number of aldehydes is 1. The van der Waals surface area contributed by atoms with Crippen molar-refractivity contribution in [1.29, 1.82) is 0 Å². The summed E-state index contributed by atoms with van der Waals surface area (Å²) in [7, 11) is 0. The highest BCUT2D eigenvalue weighted by Gasteiger charge is 2.17. The van der Waals surface area contributed by atoms with E-state index in [1.807, 2.05) is 45.9 Å². The number of allylic oxidation sites excluding steroid dienone is 1. The van der Waals surface area contributed by atoms with Crippen LogP contribution in [-0.4, -0.2) is 26.3 Å². The van der Waals surface area contributed by atoms with E-state index in [0.717, 1.165) is 50.8 Å². The maximum atomic E-state index is 12.8. The number of benzene rings is 4. The van der Waals surface area contributed by atoms with Crippen molar-refractivity contribution in [1.82, 2.24) is 0 Å². The monoisotopic (exact) mass is 797 g/mol. The lowest BCUT2D eigenvalue weighted by Crippen LogP contribution is -2.07. The second-order valence-corrected chi connectivity index (χ2v) is 13.9. The Kier molecular flexibility index (Phi) is 18.5. The largest absolute Gasteiger partial charge is 0.298 e. The topological polar surface area (TPSA) is 51.2 Å². The number of aryl methyl sites for hydroxylation is 4. The van der Waals surface area contributed by atoms with Gasteiger partial charge in [0, 0.05) is 25.1 Å². The first-order valence-corrected chi connectivity index (χ1v) is 17.2. The van der Waals surface area contributed by atoms with Crippen molar-refractivity contribution < 1.29 is 14.4 Å². The number of halogens is 1. The van der Waals surface area contributed by atoms with Crippen molar-refractivity contribution in [3.8, 4) is 0 Å². The van der Waals surface area contributed by atoms with E-state index in [1.54, 1.807) is 13.0 Å². The fourth-order valence-electron chi connectivity index (χ4n) is 6.46. The Bertz CT molecular complexity index is 1870. The van der Waals surface area contributed by atoms with Gasteiger partial charge < -0.3 is 0 Å². The molecule has 0 N–H and O–H groups in total. The molecule has 4 aromatic rings. The van der Waals surface area contributed by atoms with Crippen LogP contribution in [0.4, 0.5) is 0 Å². The fourth-order valence-corrected chi connectivity index (χ4v) is 6.46. The average molecular weight is 798 g/mol. The first-order valence-electron chi connectivity index (χ1n) is 17.2. The molecule has 0 aliphatic rings. The number of carbonyl (C=O) groups is 3. The average Bonchev–Trinajstić information content (AvgIpc) is 3.05. The van der Waals surface area contributed by atoms with Crippen LogP contribution in [0.15, 0.2) is 30.3 Å². The molecule has 0 spiro atoms. The summed E-state index contributed by atoms with van der Waals surface area (Å²) in [4.78, 5) is 34.8. The molecule has 0 unspecified atom stereocenters. The van der Waals surface area contributed by atoms with Crippen molar-refractivity contribution in [3.05, 3.63) is 142 Å². The SMILES string of the molecule is CC(=O)c1c(C)c(C)c(C)c(C)c1C.Cc1cc(/C=C/C(=O)c2c(C)c(C)c(C)c(C)c2C)cc(C)c1C.Cc1cc(C=O)cc(C)c1C.I.[B]. The first-order chi connectivity index (χ1) is 22.7. The zero-order chi connectivity index (χ0) is 37.7. The third-order valence-electron chi connectivity index (χ3n) is 11.1. The Morgan fingerprint density at radius 2 is 0.706 bits per heavy atom. The third kappa shape index (κ3) is 11.0. The second kappa shape index (κ2) is 19.9. The lowest BCUT2D eigenvalue weighted by Gasteiger charge is -2.16. The summed E-state index contributed by atoms with van der Waals surface area (Å²) in [6.45, 7) is 34.9. The van der Waals surface area contributed by atoms with E-state index in [4.69, 9.17) is 0 Å². The molecule has 4 aromatic carbocycles. The minimum Gasteiger partial charge on any atom is -0.298 e. The fraction of sp³-hybridized carbons (Fsp3) is 0.370. The van der Waals surface area contributed by atoms with Crippen LogP contribution in [0.2, 0.25) is 0 Å². The zero-order valence-electron chi connectivity index (χ0n) is 34.3. The summed E-state index contributed by atoms with van der Waals surface area (Å²) in [5.74, 6) is 0.262. The van der Waals surface area contributed by atoms with Gasteiger partial charge >= 0.3 is 0 Å². The van der Waals surface area contributed by atoms with Crippen LogP contribution < -0.4 is 0 Å². The number of ketones is 2. The van der Waals surface area contributed by atoms with E-state index in [0.29, 0.717) is 0 Å². The lowest BCUT2D eigenvalue weighted by molar-refractivity contribution is 0.101. The normalized spacial score (nSPS) is 10.3. The molecule has 0 amide bonds. The van der Waals surface area contributed by atoms with Gasteiger partial charge in [-0.05, 0) is 230 Å². The van der Waals surface area contributed by atoms with Gasteiger partial charge in [-0.25, -0.2) is 0 Å². The Morgan fingerprint density at radius 3 is 1.00 bits per heavy atom. The molecule has 51 heavy (non-hydrogen) atoms. The molecule has 0 saturated heterocycles. The summed E-state index contributed by atoms with van der Waals surface area (Å²) in [6.07, 6.45) is 4.54. The molecule has 0 bridgehead atoms. The number of rotatable bonds is 5. The molecule has 3 nitrogen and oxygen atoms in total. The smallest absolute Gasteiger partial charge is 0.186 e. The number of Topliss-reactive ketones (excluding diaryl/α,β-unsaturated/α-hetero) is 1. The van der Waals surface area contributed by atoms with Crippen LogP contribution in [0.3, 0.4) is 0 Å². The van der Waals surface area contributed by atoms with Crippen molar-refractivity contribution in [2.24, 2.45) is 0 Å². The van der Waals surface area contributed by atoms with Crippen molar-refractivity contribution >= 4 is 56.3 Å². The molecule has 0 saturated carbocycles. The van der Waals surface area contributed by atoms with Crippen LogP contribution in [-0.2, 0) is 0 Å². The maximum Gasteiger partial charge on any atom is 0.186 e. The Labute approximate surface area is 328 Å². The Balaban J connectivity index is 0.000000790. The molecular weight excluding hydrogens is 738 g/mol. The number of hydrogen-bond acceptors (Lipinski definition) is 3. The minimum atomic E-state index is 0. The van der Waals surface area contributed by atoms with Crippen LogP contribution >= 0.6 is 24.0 Å². The standard InChI is InChI=1S/C23H28O.C13H18O.C10H12O.B.HI/c1-13-11-21(12-14(2)15(13)3)9-10-22(24)23-19(7)17(5)16(4)18(6)20(23)8;1-7-8(2)10(4)13(12(6)14)11(5)9(7)3;1-7-4-10(6-11)5-8(2)9(7)3;;/h9-12H,1-8H3;1-6H3;4-6H,1-3H3;;1H/b10-9+;;;;. The molecule has 3 radical (unpaired) electrons. The summed E-state index contributed by atoms with van der Waals surface area (Å²) >= 11 is 0. The van der Waals surface area contributed by atoms with Gasteiger partial charge in [0.05, 0.1) is 0 Å². The van der Waals surface area contributed by atoms with Gasteiger partial charge in [0.2, 0.25) is 0 Å². The van der Waals surface area contributed by atoms with E-state index in [-0.39, 0.29) is 44.0 Å². The highest BCUT2D eigenvalue weighted by Crippen LogP contribution is 2.28. The molecule has 0 heterocycles. The predicted molar refractivity (Wildman–Crippen MR) is 231 cm³/mol. The number of carbonyl (C=O) groups excluding carboxylic acids is 3. The molecule has 5 heteroatoms. The molecule has 0 aliphatic heterocycles. The molecular formula is C46H59BIO3. The van der Waals surface area contributed by atoms with Crippen LogP contribution in [0.25, 0.3) is 6.08 Å². The van der Waals surface area contributed by atoms with Gasteiger partial charge in [-0.1, -0.05) is 18.2 Å². The van der Waals surface area contributed by atoms with Crippen LogP contribution in [0.5, 0.6) is 0 Å². The van der Waals surface area contributed by atoms with Gasteiger partial charge in [0.15, 0.2) is 11.6 Å². The first kappa shape index (κ1) is 47.4. The van der Waals surface area contributed by atoms with Crippen LogP contribution in [0.1, 0.15) is 133 Å².